The topological polar surface area (TPSA) is 60.9 Å². The Hall–Kier alpha value is -0.170. The molecule has 0 spiro atoms. The molecular formula is C13H28N2O3S. The molecule has 0 aromatic rings. The van der Waals surface area contributed by atoms with E-state index in [0.717, 1.165) is 38.8 Å². The van der Waals surface area contributed by atoms with Crippen LogP contribution in [-0.4, -0.2) is 68.3 Å². The van der Waals surface area contributed by atoms with E-state index in [1.165, 1.54) is 6.26 Å². The van der Waals surface area contributed by atoms with Crippen LogP contribution in [0.1, 0.15) is 32.6 Å². The Balaban J connectivity index is 2.49. The van der Waals surface area contributed by atoms with Gasteiger partial charge in [-0.25, -0.2) is 12.7 Å². The third-order valence-corrected chi connectivity index (χ3v) is 4.98. The van der Waals surface area contributed by atoms with Crippen LogP contribution in [-0.2, 0) is 10.0 Å². The van der Waals surface area contributed by atoms with Crippen molar-refractivity contribution in [2.24, 2.45) is 5.92 Å². The van der Waals surface area contributed by atoms with E-state index in [1.54, 1.807) is 4.31 Å². The molecule has 1 N–H and O–H groups in total. The minimum Gasteiger partial charge on any atom is -0.395 e. The highest BCUT2D eigenvalue weighted by molar-refractivity contribution is 7.88. The summed E-state index contributed by atoms with van der Waals surface area (Å²) in [4.78, 5) is 2.26. The fraction of sp³-hybridized carbons (Fsp3) is 1.00. The standard InChI is InChI=1S/C13H28N2O3S/c1-3-4-7-14(9-10-16)11-13-6-5-8-15(12-13)19(2,17)18/h13,16H,3-12H2,1-2H3. The van der Waals surface area contributed by atoms with Crippen molar-refractivity contribution in [1.29, 1.82) is 0 Å². The van der Waals surface area contributed by atoms with Gasteiger partial charge in [-0.1, -0.05) is 13.3 Å². The Morgan fingerprint density at radius 1 is 1.37 bits per heavy atom. The number of hydrogen-bond acceptors (Lipinski definition) is 4. The second kappa shape index (κ2) is 8.19. The average Bonchev–Trinajstić information content (AvgIpc) is 2.35. The maximum Gasteiger partial charge on any atom is 0.211 e. The van der Waals surface area contributed by atoms with Crippen LogP contribution in [0, 0.1) is 5.92 Å². The van der Waals surface area contributed by atoms with Crippen molar-refractivity contribution in [2.75, 3.05) is 45.6 Å². The zero-order valence-electron chi connectivity index (χ0n) is 12.2. The van der Waals surface area contributed by atoms with E-state index in [0.29, 0.717) is 25.6 Å². The monoisotopic (exact) mass is 292 g/mol. The van der Waals surface area contributed by atoms with Gasteiger partial charge in [-0.3, -0.25) is 0 Å². The molecule has 0 aliphatic carbocycles. The lowest BCUT2D eigenvalue weighted by Gasteiger charge is -2.34. The number of nitrogens with zero attached hydrogens (tertiary/aromatic N) is 2. The van der Waals surface area contributed by atoms with Crippen LogP contribution in [0.4, 0.5) is 0 Å². The van der Waals surface area contributed by atoms with Crippen molar-refractivity contribution in [2.45, 2.75) is 32.6 Å². The number of sulfonamides is 1. The molecule has 1 fully saturated rings. The fourth-order valence-electron chi connectivity index (χ4n) is 2.66. The third kappa shape index (κ3) is 6.21. The number of hydrogen-bond donors (Lipinski definition) is 1. The van der Waals surface area contributed by atoms with Gasteiger partial charge >= 0.3 is 0 Å². The molecular weight excluding hydrogens is 264 g/mol. The zero-order valence-corrected chi connectivity index (χ0v) is 13.0. The van der Waals surface area contributed by atoms with Crippen LogP contribution >= 0.6 is 0 Å². The molecule has 1 unspecified atom stereocenters. The van der Waals surface area contributed by atoms with Gasteiger partial charge in [-0.2, -0.15) is 0 Å². The molecule has 1 aliphatic rings. The first-order valence-corrected chi connectivity index (χ1v) is 9.10. The first kappa shape index (κ1) is 16.9. The Morgan fingerprint density at radius 2 is 2.11 bits per heavy atom. The molecule has 1 aliphatic heterocycles. The van der Waals surface area contributed by atoms with Gasteiger partial charge in [0.15, 0.2) is 0 Å². The van der Waals surface area contributed by atoms with Gasteiger partial charge in [0, 0.05) is 26.2 Å². The summed E-state index contributed by atoms with van der Waals surface area (Å²) in [6.07, 6.45) is 5.58. The summed E-state index contributed by atoms with van der Waals surface area (Å²) >= 11 is 0. The highest BCUT2D eigenvalue weighted by atomic mass is 32.2. The predicted molar refractivity (Wildman–Crippen MR) is 77.6 cm³/mol. The molecule has 0 radical (unpaired) electrons. The molecule has 0 saturated carbocycles. The van der Waals surface area contributed by atoms with Crippen molar-refractivity contribution < 1.29 is 13.5 Å². The quantitative estimate of drug-likeness (QED) is 0.717. The summed E-state index contributed by atoms with van der Waals surface area (Å²) in [5.41, 5.74) is 0. The summed E-state index contributed by atoms with van der Waals surface area (Å²) in [7, 11) is -3.06. The highest BCUT2D eigenvalue weighted by Crippen LogP contribution is 2.19. The molecule has 0 bridgehead atoms. The van der Waals surface area contributed by atoms with Gasteiger partial charge in [0.05, 0.1) is 12.9 Å². The lowest BCUT2D eigenvalue weighted by atomic mass is 9.99. The van der Waals surface area contributed by atoms with Crippen LogP contribution in [0.15, 0.2) is 0 Å². The molecule has 1 saturated heterocycles. The minimum absolute atomic E-state index is 0.173. The van der Waals surface area contributed by atoms with Crippen molar-refractivity contribution in [3.8, 4) is 0 Å². The van der Waals surface area contributed by atoms with E-state index in [1.807, 2.05) is 0 Å². The van der Waals surface area contributed by atoms with Crippen molar-refractivity contribution in [3.63, 3.8) is 0 Å². The number of unbranched alkanes of at least 4 members (excludes halogenated alkanes) is 1. The molecule has 0 amide bonds. The van der Waals surface area contributed by atoms with Crippen LogP contribution in [0.25, 0.3) is 0 Å². The molecule has 0 aromatic heterocycles. The Kier molecular flexibility index (Phi) is 7.28. The molecule has 5 nitrogen and oxygen atoms in total. The van der Waals surface area contributed by atoms with E-state index in [2.05, 4.69) is 11.8 Å². The summed E-state index contributed by atoms with van der Waals surface area (Å²) < 4.78 is 24.8. The number of aliphatic hydroxyl groups excluding tert-OH is 1. The smallest absolute Gasteiger partial charge is 0.211 e. The lowest BCUT2D eigenvalue weighted by molar-refractivity contribution is 0.148. The summed E-state index contributed by atoms with van der Waals surface area (Å²) in [5.74, 6) is 0.395. The zero-order chi connectivity index (χ0) is 14.3. The van der Waals surface area contributed by atoms with Crippen molar-refractivity contribution in [3.05, 3.63) is 0 Å². The Bertz CT molecular complexity index is 346. The normalized spacial score (nSPS) is 22.0. The molecule has 19 heavy (non-hydrogen) atoms. The minimum atomic E-state index is -3.06. The van der Waals surface area contributed by atoms with E-state index >= 15 is 0 Å². The molecule has 1 atom stereocenters. The van der Waals surface area contributed by atoms with Gasteiger partial charge in [-0.15, -0.1) is 0 Å². The number of aliphatic hydroxyl groups is 1. The first-order valence-electron chi connectivity index (χ1n) is 7.25. The second-order valence-electron chi connectivity index (χ2n) is 5.51. The van der Waals surface area contributed by atoms with Crippen molar-refractivity contribution >= 4 is 10.0 Å². The van der Waals surface area contributed by atoms with E-state index in [-0.39, 0.29) is 6.61 Å². The summed E-state index contributed by atoms with van der Waals surface area (Å²) in [6.45, 7) is 6.20. The maximum atomic E-state index is 11.6. The van der Waals surface area contributed by atoms with Gasteiger partial charge in [-0.05, 0) is 31.7 Å². The van der Waals surface area contributed by atoms with Crippen LogP contribution in [0.3, 0.4) is 0 Å². The Labute approximate surface area is 117 Å². The van der Waals surface area contributed by atoms with E-state index in [9.17, 15) is 8.42 Å². The predicted octanol–water partition coefficient (Wildman–Crippen LogP) is 0.752. The van der Waals surface area contributed by atoms with E-state index < -0.39 is 10.0 Å². The van der Waals surface area contributed by atoms with E-state index in [4.69, 9.17) is 5.11 Å². The largest absolute Gasteiger partial charge is 0.395 e. The van der Waals surface area contributed by atoms with Gasteiger partial charge < -0.3 is 10.0 Å². The van der Waals surface area contributed by atoms with Crippen LogP contribution in [0.5, 0.6) is 0 Å². The molecule has 6 heteroatoms. The third-order valence-electron chi connectivity index (χ3n) is 3.71. The molecule has 114 valence electrons. The molecule has 1 heterocycles. The maximum absolute atomic E-state index is 11.6. The van der Waals surface area contributed by atoms with Gasteiger partial charge in [0.25, 0.3) is 0 Å². The van der Waals surface area contributed by atoms with Crippen LogP contribution in [0.2, 0.25) is 0 Å². The summed E-state index contributed by atoms with van der Waals surface area (Å²) in [6, 6.07) is 0. The lowest BCUT2D eigenvalue weighted by Crippen LogP contribution is -2.44. The van der Waals surface area contributed by atoms with Gasteiger partial charge in [0.1, 0.15) is 0 Å². The molecule has 1 rings (SSSR count). The number of piperidine rings is 1. The Morgan fingerprint density at radius 3 is 2.68 bits per heavy atom. The second-order valence-corrected chi connectivity index (χ2v) is 7.49. The first-order chi connectivity index (χ1) is 8.97. The fourth-order valence-corrected chi connectivity index (χ4v) is 3.60. The van der Waals surface area contributed by atoms with Gasteiger partial charge in [0.2, 0.25) is 10.0 Å². The highest BCUT2D eigenvalue weighted by Gasteiger charge is 2.26. The SMILES string of the molecule is CCCCN(CCO)CC1CCCN(S(C)(=O)=O)C1. The average molecular weight is 292 g/mol. The number of rotatable bonds is 8. The van der Waals surface area contributed by atoms with Crippen LogP contribution < -0.4 is 0 Å². The van der Waals surface area contributed by atoms with Crippen molar-refractivity contribution in [1.82, 2.24) is 9.21 Å². The summed E-state index contributed by atoms with van der Waals surface area (Å²) in [5, 5.41) is 9.10. The molecule has 0 aromatic carbocycles.